The van der Waals surface area contributed by atoms with E-state index in [9.17, 15) is 9.59 Å². The third-order valence-corrected chi connectivity index (χ3v) is 4.58. The number of benzene rings is 2. The van der Waals surface area contributed by atoms with Crippen molar-refractivity contribution in [2.75, 3.05) is 11.1 Å². The predicted molar refractivity (Wildman–Crippen MR) is 105 cm³/mol. The molecule has 132 valence electrons. The second kappa shape index (κ2) is 8.34. The first-order valence-corrected chi connectivity index (χ1v) is 9.34. The molecule has 0 saturated carbocycles. The quantitative estimate of drug-likeness (QED) is 0.561. The van der Waals surface area contributed by atoms with Crippen molar-refractivity contribution < 1.29 is 9.59 Å². The van der Waals surface area contributed by atoms with Crippen molar-refractivity contribution >= 4 is 29.1 Å². The Kier molecular flexibility index (Phi) is 6.43. The maximum Gasteiger partial charge on any atom is 0.224 e. The Labute approximate surface area is 154 Å². The summed E-state index contributed by atoms with van der Waals surface area (Å²) in [5.74, 6) is 0.536. The van der Waals surface area contributed by atoms with Gasteiger partial charge in [-0.2, -0.15) is 0 Å². The van der Waals surface area contributed by atoms with Gasteiger partial charge in [0.15, 0.2) is 5.78 Å². The number of nitrogens with one attached hydrogen (secondary N) is 1. The van der Waals surface area contributed by atoms with Crippen molar-refractivity contribution in [3.8, 4) is 0 Å². The number of thioether (sulfide) groups is 1. The van der Waals surface area contributed by atoms with Crippen LogP contribution in [0.15, 0.2) is 53.4 Å². The molecule has 1 N–H and O–H groups in total. The van der Waals surface area contributed by atoms with Gasteiger partial charge in [-0.05, 0) is 36.6 Å². The van der Waals surface area contributed by atoms with Crippen LogP contribution in [-0.2, 0) is 4.79 Å². The van der Waals surface area contributed by atoms with Crippen LogP contribution in [0.1, 0.15) is 43.1 Å². The fourth-order valence-corrected chi connectivity index (χ4v) is 3.09. The lowest BCUT2D eigenvalue weighted by Gasteiger charge is -2.17. The zero-order valence-corrected chi connectivity index (χ0v) is 16.1. The summed E-state index contributed by atoms with van der Waals surface area (Å²) in [5, 5.41) is 2.91. The summed E-state index contributed by atoms with van der Waals surface area (Å²) >= 11 is 1.50. The summed E-state index contributed by atoms with van der Waals surface area (Å²) in [6.45, 7) is 8.12. The predicted octanol–water partition coefficient (Wildman–Crippen LogP) is 5.34. The highest BCUT2D eigenvalue weighted by molar-refractivity contribution is 8.00. The van der Waals surface area contributed by atoms with Gasteiger partial charge in [-0.1, -0.05) is 50.6 Å². The summed E-state index contributed by atoms with van der Waals surface area (Å²) in [6.07, 6.45) is 0.481. The normalized spacial score (nSPS) is 11.2. The smallest absolute Gasteiger partial charge is 0.224 e. The summed E-state index contributed by atoms with van der Waals surface area (Å²) in [4.78, 5) is 25.2. The van der Waals surface area contributed by atoms with E-state index in [0.29, 0.717) is 12.2 Å². The zero-order chi connectivity index (χ0) is 18.4. The van der Waals surface area contributed by atoms with Gasteiger partial charge in [-0.15, -0.1) is 11.8 Å². The number of Topliss-reactive ketones (excluding diaryl/α,β-unsaturated/α-hetero) is 1. The Morgan fingerprint density at radius 2 is 1.56 bits per heavy atom. The standard InChI is InChI=1S/C21H25NO2S/c1-15-5-7-16(8-6-15)19(23)14-25-18-11-9-17(10-12-18)22-20(24)13-21(2,3)4/h5-12H,13-14H2,1-4H3,(H,22,24). The van der Waals surface area contributed by atoms with E-state index >= 15 is 0 Å². The largest absolute Gasteiger partial charge is 0.326 e. The van der Waals surface area contributed by atoms with Gasteiger partial charge in [0.1, 0.15) is 0 Å². The molecule has 0 aromatic heterocycles. The summed E-state index contributed by atoms with van der Waals surface area (Å²) in [6, 6.07) is 15.2. The van der Waals surface area contributed by atoms with Crippen LogP contribution in [0, 0.1) is 12.3 Å². The molecule has 0 heterocycles. The Bertz CT molecular complexity index is 728. The average Bonchev–Trinajstić information content (AvgIpc) is 2.53. The van der Waals surface area contributed by atoms with E-state index in [1.54, 1.807) is 0 Å². The van der Waals surface area contributed by atoms with Gasteiger partial charge in [0, 0.05) is 22.6 Å². The second-order valence-electron chi connectivity index (χ2n) is 7.39. The molecule has 4 heteroatoms. The molecule has 0 fully saturated rings. The molecule has 0 aliphatic carbocycles. The maximum atomic E-state index is 12.2. The van der Waals surface area contributed by atoms with E-state index in [-0.39, 0.29) is 17.1 Å². The van der Waals surface area contributed by atoms with Crippen LogP contribution in [0.3, 0.4) is 0 Å². The first-order chi connectivity index (χ1) is 11.7. The van der Waals surface area contributed by atoms with Gasteiger partial charge in [0.2, 0.25) is 5.91 Å². The molecule has 0 saturated heterocycles. The van der Waals surface area contributed by atoms with Crippen LogP contribution in [-0.4, -0.2) is 17.4 Å². The van der Waals surface area contributed by atoms with E-state index < -0.39 is 0 Å². The molecular formula is C21H25NO2S. The third kappa shape index (κ3) is 6.75. The molecule has 0 aliphatic heterocycles. The van der Waals surface area contributed by atoms with E-state index in [4.69, 9.17) is 0 Å². The molecule has 0 unspecified atom stereocenters. The summed E-state index contributed by atoms with van der Waals surface area (Å²) < 4.78 is 0. The van der Waals surface area contributed by atoms with E-state index in [0.717, 1.165) is 21.7 Å². The van der Waals surface area contributed by atoms with Crippen molar-refractivity contribution in [1.82, 2.24) is 0 Å². The highest BCUT2D eigenvalue weighted by Gasteiger charge is 2.15. The van der Waals surface area contributed by atoms with Crippen LogP contribution in [0.2, 0.25) is 0 Å². The number of anilines is 1. The lowest BCUT2D eigenvalue weighted by Crippen LogP contribution is -2.19. The number of carbonyl (C=O) groups excluding carboxylic acids is 2. The first kappa shape index (κ1) is 19.3. The Morgan fingerprint density at radius 1 is 0.960 bits per heavy atom. The number of ketones is 1. The number of hydrogen-bond donors (Lipinski definition) is 1. The Hall–Kier alpha value is -2.07. The molecule has 0 atom stereocenters. The lowest BCUT2D eigenvalue weighted by atomic mass is 9.92. The Balaban J connectivity index is 1.87. The number of hydrogen-bond acceptors (Lipinski definition) is 3. The molecule has 1 amide bonds. The second-order valence-corrected chi connectivity index (χ2v) is 8.44. The van der Waals surface area contributed by atoms with Gasteiger partial charge in [-0.3, -0.25) is 9.59 Å². The van der Waals surface area contributed by atoms with Crippen LogP contribution in [0.5, 0.6) is 0 Å². The molecule has 2 aromatic carbocycles. The number of rotatable bonds is 6. The highest BCUT2D eigenvalue weighted by atomic mass is 32.2. The van der Waals surface area contributed by atoms with Gasteiger partial charge in [-0.25, -0.2) is 0 Å². The monoisotopic (exact) mass is 355 g/mol. The fraction of sp³-hybridized carbons (Fsp3) is 0.333. The molecule has 0 spiro atoms. The van der Waals surface area contributed by atoms with Gasteiger partial charge in [0.05, 0.1) is 5.75 Å². The van der Waals surface area contributed by atoms with Crippen molar-refractivity contribution in [3.05, 3.63) is 59.7 Å². The number of amides is 1. The van der Waals surface area contributed by atoms with Crippen LogP contribution < -0.4 is 5.32 Å². The van der Waals surface area contributed by atoms with E-state index in [2.05, 4.69) is 5.32 Å². The van der Waals surface area contributed by atoms with Crippen LogP contribution in [0.25, 0.3) is 0 Å². The molecular weight excluding hydrogens is 330 g/mol. The van der Waals surface area contributed by atoms with Crippen LogP contribution >= 0.6 is 11.8 Å². The van der Waals surface area contributed by atoms with Crippen LogP contribution in [0.4, 0.5) is 5.69 Å². The van der Waals surface area contributed by atoms with E-state index in [1.165, 1.54) is 11.8 Å². The summed E-state index contributed by atoms with van der Waals surface area (Å²) in [7, 11) is 0. The summed E-state index contributed by atoms with van der Waals surface area (Å²) in [5.41, 5.74) is 2.64. The molecule has 25 heavy (non-hydrogen) atoms. The molecule has 0 aliphatic rings. The number of carbonyl (C=O) groups is 2. The zero-order valence-electron chi connectivity index (χ0n) is 15.3. The SMILES string of the molecule is Cc1ccc(C(=O)CSc2ccc(NC(=O)CC(C)(C)C)cc2)cc1. The van der Waals surface area contributed by atoms with Crippen molar-refractivity contribution in [2.45, 2.75) is 39.0 Å². The van der Waals surface area contributed by atoms with Gasteiger partial charge >= 0.3 is 0 Å². The van der Waals surface area contributed by atoms with E-state index in [1.807, 2.05) is 76.2 Å². The minimum atomic E-state index is -0.0315. The van der Waals surface area contributed by atoms with Crippen molar-refractivity contribution in [1.29, 1.82) is 0 Å². The molecule has 3 nitrogen and oxygen atoms in total. The first-order valence-electron chi connectivity index (χ1n) is 8.35. The molecule has 2 rings (SSSR count). The van der Waals surface area contributed by atoms with Crippen molar-refractivity contribution in [2.24, 2.45) is 5.41 Å². The van der Waals surface area contributed by atoms with Gasteiger partial charge < -0.3 is 5.32 Å². The van der Waals surface area contributed by atoms with Gasteiger partial charge in [0.25, 0.3) is 0 Å². The minimum absolute atomic E-state index is 0.0162. The lowest BCUT2D eigenvalue weighted by molar-refractivity contribution is -0.117. The third-order valence-electron chi connectivity index (χ3n) is 3.57. The van der Waals surface area contributed by atoms with Crippen molar-refractivity contribution in [3.63, 3.8) is 0 Å². The topological polar surface area (TPSA) is 46.2 Å². The molecule has 2 aromatic rings. The number of aryl methyl sites for hydroxylation is 1. The average molecular weight is 356 g/mol. The Morgan fingerprint density at radius 3 is 2.12 bits per heavy atom. The molecule has 0 bridgehead atoms. The maximum absolute atomic E-state index is 12.2. The fourth-order valence-electron chi connectivity index (χ4n) is 2.29. The highest BCUT2D eigenvalue weighted by Crippen LogP contribution is 2.23. The minimum Gasteiger partial charge on any atom is -0.326 e. The molecule has 0 radical (unpaired) electrons.